The molecule has 0 radical (unpaired) electrons. The van der Waals surface area contributed by atoms with Crippen LogP contribution in [0.3, 0.4) is 0 Å². The van der Waals surface area contributed by atoms with Gasteiger partial charge in [-0.25, -0.2) is 4.79 Å². The van der Waals surface area contributed by atoms with Gasteiger partial charge in [0, 0.05) is 23.6 Å². The number of aliphatic carboxylic acids is 1. The van der Waals surface area contributed by atoms with E-state index >= 15 is 0 Å². The van der Waals surface area contributed by atoms with Gasteiger partial charge >= 0.3 is 12.1 Å². The molecular weight excluding hydrogens is 585 g/mol. The number of carbonyl (C=O) groups excluding carboxylic acids is 2. The molecule has 1 atom stereocenters. The number of ether oxygens (including phenoxy) is 2. The van der Waals surface area contributed by atoms with E-state index in [0.29, 0.717) is 40.5 Å². The Morgan fingerprint density at radius 2 is 1.68 bits per heavy atom. The number of amidine groups is 1. The molecule has 0 fully saturated rings. The fraction of sp³-hybridized carbons (Fsp3) is 0.276. The molecule has 0 aliphatic heterocycles. The average Bonchev–Trinajstić information content (AvgIpc) is 2.95. The first-order valence-electron chi connectivity index (χ1n) is 13.1. The van der Waals surface area contributed by atoms with Gasteiger partial charge in [-0.3, -0.25) is 30.8 Å². The lowest BCUT2D eigenvalue weighted by atomic mass is 10.0. The number of hydrogen-bond acceptors (Lipinski definition) is 8. The SMILES string of the molecule is CCOc1cc(C(Nc2ccc(C(=N)N)cc2)C(=O)NNC(=O)c2cnccc2C)ccc1OC(C)C.O=C(O)C(F)(F)F. The molecule has 1 heterocycles. The Balaban J connectivity index is 0.000000860. The zero-order valence-corrected chi connectivity index (χ0v) is 24.3. The predicted molar refractivity (Wildman–Crippen MR) is 155 cm³/mol. The number of nitrogen functional groups attached to an aromatic ring is 1. The smallest absolute Gasteiger partial charge is 0.490 e. The third-order valence-corrected chi connectivity index (χ3v) is 5.56. The van der Waals surface area contributed by atoms with Crippen LogP contribution in [0.15, 0.2) is 60.9 Å². The maximum absolute atomic E-state index is 13.3. The number of nitrogens with zero attached hydrogens (tertiary/aromatic N) is 1. The lowest BCUT2D eigenvalue weighted by Gasteiger charge is -2.22. The van der Waals surface area contributed by atoms with Crippen LogP contribution in [0.2, 0.25) is 0 Å². The Hall–Kier alpha value is -5.34. The number of carboxylic acid groups (broad SMARTS) is 1. The van der Waals surface area contributed by atoms with Crippen molar-refractivity contribution in [3.05, 3.63) is 83.2 Å². The van der Waals surface area contributed by atoms with Crippen LogP contribution in [-0.2, 0) is 9.59 Å². The molecule has 15 heteroatoms. The van der Waals surface area contributed by atoms with Gasteiger partial charge in [-0.2, -0.15) is 13.2 Å². The van der Waals surface area contributed by atoms with E-state index < -0.39 is 30.0 Å². The summed E-state index contributed by atoms with van der Waals surface area (Å²) in [6, 6.07) is 12.8. The number of amides is 2. The van der Waals surface area contributed by atoms with Crippen LogP contribution in [0.1, 0.15) is 53.9 Å². The number of pyridine rings is 1. The molecule has 0 saturated carbocycles. The highest BCUT2D eigenvalue weighted by Gasteiger charge is 2.38. The van der Waals surface area contributed by atoms with Gasteiger partial charge in [-0.1, -0.05) is 6.07 Å². The van der Waals surface area contributed by atoms with Crippen LogP contribution in [-0.4, -0.2) is 52.6 Å². The van der Waals surface area contributed by atoms with Crippen LogP contribution in [0.25, 0.3) is 0 Å². The van der Waals surface area contributed by atoms with Crippen LogP contribution >= 0.6 is 0 Å². The second-order valence-corrected chi connectivity index (χ2v) is 9.31. The molecule has 0 aliphatic carbocycles. The number of aryl methyl sites for hydroxylation is 1. The summed E-state index contributed by atoms with van der Waals surface area (Å²) in [6.45, 7) is 7.89. The van der Waals surface area contributed by atoms with Crippen molar-refractivity contribution in [3.8, 4) is 11.5 Å². The summed E-state index contributed by atoms with van der Waals surface area (Å²) in [5.74, 6) is -2.75. The third-order valence-electron chi connectivity index (χ3n) is 5.56. The molecule has 2 amide bonds. The maximum Gasteiger partial charge on any atom is 0.490 e. The summed E-state index contributed by atoms with van der Waals surface area (Å²) < 4.78 is 43.4. The molecule has 7 N–H and O–H groups in total. The van der Waals surface area contributed by atoms with Crippen molar-refractivity contribution in [3.63, 3.8) is 0 Å². The standard InChI is InChI=1S/C27H32N6O4.C2HF3O2/c1-5-36-23-14-19(8-11-22(23)37-16(2)3)24(31-20-9-6-18(7-10-20)25(28)29)27(35)33-32-26(34)21-15-30-13-12-17(21)4;3-2(4,5)1(6)7/h6-16,24,31H,5H2,1-4H3,(H3,28,29)(H,32,34)(H,33,35);(H,6,7). The summed E-state index contributed by atoms with van der Waals surface area (Å²) in [5, 5.41) is 17.9. The fourth-order valence-corrected chi connectivity index (χ4v) is 3.50. The van der Waals surface area contributed by atoms with E-state index in [-0.39, 0.29) is 11.9 Å². The molecule has 2 aromatic carbocycles. The average molecular weight is 619 g/mol. The number of nitrogens with one attached hydrogen (secondary N) is 4. The zero-order chi connectivity index (χ0) is 33.0. The van der Waals surface area contributed by atoms with Gasteiger partial charge in [0.25, 0.3) is 11.8 Å². The Kier molecular flexibility index (Phi) is 12.5. The van der Waals surface area contributed by atoms with Gasteiger partial charge in [0.15, 0.2) is 11.5 Å². The van der Waals surface area contributed by atoms with E-state index in [4.69, 9.17) is 30.5 Å². The quantitative estimate of drug-likeness (QED) is 0.110. The number of alkyl halides is 3. The summed E-state index contributed by atoms with van der Waals surface area (Å²) in [6.07, 6.45) is -2.12. The van der Waals surface area contributed by atoms with Gasteiger partial charge in [0.1, 0.15) is 11.9 Å². The number of carbonyl (C=O) groups is 3. The molecule has 0 bridgehead atoms. The van der Waals surface area contributed by atoms with Crippen LogP contribution < -0.4 is 31.4 Å². The molecule has 3 rings (SSSR count). The summed E-state index contributed by atoms with van der Waals surface area (Å²) in [7, 11) is 0. The number of aromatic nitrogens is 1. The van der Waals surface area contributed by atoms with E-state index in [1.807, 2.05) is 20.8 Å². The van der Waals surface area contributed by atoms with Gasteiger partial charge in [0.2, 0.25) is 0 Å². The van der Waals surface area contributed by atoms with Crippen molar-refractivity contribution in [1.82, 2.24) is 15.8 Å². The van der Waals surface area contributed by atoms with Crippen molar-refractivity contribution in [1.29, 1.82) is 5.41 Å². The normalized spacial score (nSPS) is 11.4. The second kappa shape index (κ2) is 15.8. The highest BCUT2D eigenvalue weighted by Crippen LogP contribution is 2.33. The molecule has 3 aromatic rings. The summed E-state index contributed by atoms with van der Waals surface area (Å²) >= 11 is 0. The first kappa shape index (κ1) is 34.9. The Bertz CT molecular complexity index is 1460. The Labute approximate surface area is 251 Å². The Morgan fingerprint density at radius 3 is 2.20 bits per heavy atom. The first-order chi connectivity index (χ1) is 20.6. The predicted octanol–water partition coefficient (Wildman–Crippen LogP) is 4.11. The third kappa shape index (κ3) is 10.5. The lowest BCUT2D eigenvalue weighted by molar-refractivity contribution is -0.192. The monoisotopic (exact) mass is 618 g/mol. The highest BCUT2D eigenvalue weighted by molar-refractivity contribution is 5.97. The molecule has 0 aliphatic rings. The van der Waals surface area contributed by atoms with Crippen molar-refractivity contribution < 1.29 is 42.1 Å². The summed E-state index contributed by atoms with van der Waals surface area (Å²) in [4.78, 5) is 38.8. The van der Waals surface area contributed by atoms with Crippen LogP contribution in [0.4, 0.5) is 18.9 Å². The van der Waals surface area contributed by atoms with Gasteiger partial charge in [-0.15, -0.1) is 0 Å². The topological polar surface area (TPSA) is 189 Å². The zero-order valence-electron chi connectivity index (χ0n) is 24.3. The van der Waals surface area contributed by atoms with E-state index in [2.05, 4.69) is 21.2 Å². The molecular formula is C29H33F3N6O6. The number of rotatable bonds is 10. The van der Waals surface area contributed by atoms with E-state index in [1.165, 1.54) is 6.20 Å². The molecule has 236 valence electrons. The number of carboxylic acids is 1. The number of hydrazine groups is 1. The second-order valence-electron chi connectivity index (χ2n) is 9.31. The number of nitrogens with two attached hydrogens (primary N) is 1. The van der Waals surface area contributed by atoms with Gasteiger partial charge in [0.05, 0.1) is 18.3 Å². The van der Waals surface area contributed by atoms with Crippen LogP contribution in [0.5, 0.6) is 11.5 Å². The molecule has 44 heavy (non-hydrogen) atoms. The minimum atomic E-state index is -5.08. The largest absolute Gasteiger partial charge is 0.490 e. The molecule has 12 nitrogen and oxygen atoms in total. The maximum atomic E-state index is 13.3. The minimum Gasteiger partial charge on any atom is -0.490 e. The molecule has 1 aromatic heterocycles. The van der Waals surface area contributed by atoms with Crippen molar-refractivity contribution in [2.45, 2.75) is 46.0 Å². The van der Waals surface area contributed by atoms with E-state index in [0.717, 1.165) is 5.56 Å². The highest BCUT2D eigenvalue weighted by atomic mass is 19.4. The molecule has 1 unspecified atom stereocenters. The number of anilines is 1. The fourth-order valence-electron chi connectivity index (χ4n) is 3.50. The molecule has 0 spiro atoms. The minimum absolute atomic E-state index is 0.0589. The van der Waals surface area contributed by atoms with Crippen molar-refractivity contribution in [2.75, 3.05) is 11.9 Å². The van der Waals surface area contributed by atoms with E-state index in [9.17, 15) is 22.8 Å². The van der Waals surface area contributed by atoms with E-state index in [1.54, 1.807) is 61.7 Å². The number of hydrogen-bond donors (Lipinski definition) is 6. The van der Waals surface area contributed by atoms with Crippen molar-refractivity contribution >= 4 is 29.3 Å². The molecule has 0 saturated heterocycles. The van der Waals surface area contributed by atoms with Gasteiger partial charge < -0.3 is 25.6 Å². The lowest BCUT2D eigenvalue weighted by Crippen LogP contribution is -2.45. The van der Waals surface area contributed by atoms with Gasteiger partial charge in [-0.05, 0) is 81.3 Å². The van der Waals surface area contributed by atoms with Crippen molar-refractivity contribution in [2.24, 2.45) is 5.73 Å². The number of benzene rings is 2. The Morgan fingerprint density at radius 1 is 1.05 bits per heavy atom. The summed E-state index contributed by atoms with van der Waals surface area (Å²) in [5.41, 5.74) is 13.3. The number of halogens is 3. The van der Waals surface area contributed by atoms with Crippen LogP contribution in [0, 0.1) is 12.3 Å². The first-order valence-corrected chi connectivity index (χ1v) is 13.1.